The molecule has 1 atom stereocenters. The Morgan fingerprint density at radius 3 is 2.90 bits per heavy atom. The summed E-state index contributed by atoms with van der Waals surface area (Å²) in [6.45, 7) is 2.76. The molecule has 1 N–H and O–H groups in total. The molecule has 0 aromatic heterocycles. The fraction of sp³-hybridized carbons (Fsp3) is 0.467. The molecule has 0 saturated carbocycles. The lowest BCUT2D eigenvalue weighted by Crippen LogP contribution is -2.44. The summed E-state index contributed by atoms with van der Waals surface area (Å²) < 4.78 is 6.32. The number of ether oxygens (including phenoxy) is 1. The fourth-order valence-corrected chi connectivity index (χ4v) is 2.97. The molecule has 21 heavy (non-hydrogen) atoms. The van der Waals surface area contributed by atoms with E-state index < -0.39 is 11.9 Å². The first kappa shape index (κ1) is 15.8. The molecule has 6 heteroatoms. The van der Waals surface area contributed by atoms with E-state index in [1.807, 2.05) is 25.1 Å². The van der Waals surface area contributed by atoms with E-state index >= 15 is 0 Å². The van der Waals surface area contributed by atoms with Crippen LogP contribution < -0.4 is 4.74 Å². The number of likely N-dealkylation sites (tertiary alicyclic amines) is 1. The Hall–Kier alpha value is -1.56. The van der Waals surface area contributed by atoms with Crippen molar-refractivity contribution in [2.75, 3.05) is 19.7 Å². The molecule has 0 unspecified atom stereocenters. The van der Waals surface area contributed by atoms with E-state index in [0.29, 0.717) is 18.7 Å². The maximum atomic E-state index is 12.1. The molecule has 1 aliphatic rings. The van der Waals surface area contributed by atoms with Gasteiger partial charge in [0.25, 0.3) is 5.91 Å². The molecule has 1 fully saturated rings. The molecule has 1 amide bonds. The average Bonchev–Trinajstić information content (AvgIpc) is 2.46. The van der Waals surface area contributed by atoms with Crippen LogP contribution in [0.2, 0.25) is 0 Å². The quantitative estimate of drug-likeness (QED) is 0.900. The zero-order valence-corrected chi connectivity index (χ0v) is 13.4. The maximum Gasteiger partial charge on any atom is 0.308 e. The first-order valence-corrected chi connectivity index (χ1v) is 7.66. The number of rotatable bonds is 4. The summed E-state index contributed by atoms with van der Waals surface area (Å²) in [4.78, 5) is 24.7. The molecule has 1 saturated heterocycles. The van der Waals surface area contributed by atoms with Crippen molar-refractivity contribution in [3.8, 4) is 5.75 Å². The Morgan fingerprint density at radius 2 is 2.24 bits per heavy atom. The average molecular weight is 356 g/mol. The van der Waals surface area contributed by atoms with Gasteiger partial charge in [-0.3, -0.25) is 9.59 Å². The number of hydrogen-bond donors (Lipinski definition) is 1. The van der Waals surface area contributed by atoms with E-state index in [1.165, 1.54) is 0 Å². The van der Waals surface area contributed by atoms with Gasteiger partial charge in [0, 0.05) is 13.1 Å². The molecular weight excluding hydrogens is 338 g/mol. The lowest BCUT2D eigenvalue weighted by molar-refractivity contribution is -0.146. The second-order valence-electron chi connectivity index (χ2n) is 5.24. The minimum atomic E-state index is -0.838. The van der Waals surface area contributed by atoms with Gasteiger partial charge in [0.05, 0.1) is 10.4 Å². The van der Waals surface area contributed by atoms with Crippen molar-refractivity contribution >= 4 is 27.8 Å². The highest BCUT2D eigenvalue weighted by molar-refractivity contribution is 9.10. The Labute approximate surface area is 132 Å². The second-order valence-corrected chi connectivity index (χ2v) is 6.09. The normalized spacial score (nSPS) is 18.4. The molecular formula is C15H18BrNO4. The number of nitrogens with zero attached hydrogens (tertiary/aromatic N) is 1. The second kappa shape index (κ2) is 6.93. The zero-order valence-electron chi connectivity index (χ0n) is 11.8. The van der Waals surface area contributed by atoms with Crippen LogP contribution in [0.5, 0.6) is 5.75 Å². The summed E-state index contributed by atoms with van der Waals surface area (Å²) in [5.41, 5.74) is 1.10. The van der Waals surface area contributed by atoms with Gasteiger partial charge in [0.1, 0.15) is 5.75 Å². The first-order chi connectivity index (χ1) is 9.97. The van der Waals surface area contributed by atoms with Crippen molar-refractivity contribution in [1.29, 1.82) is 0 Å². The van der Waals surface area contributed by atoms with Gasteiger partial charge < -0.3 is 14.7 Å². The Morgan fingerprint density at radius 1 is 1.48 bits per heavy atom. The predicted octanol–water partition coefficient (Wildman–Crippen LogP) is 2.46. The number of carboxylic acid groups (broad SMARTS) is 1. The highest BCUT2D eigenvalue weighted by Crippen LogP contribution is 2.26. The lowest BCUT2D eigenvalue weighted by atomic mass is 9.98. The molecule has 1 aromatic rings. The summed E-state index contributed by atoms with van der Waals surface area (Å²) in [7, 11) is 0. The summed E-state index contributed by atoms with van der Waals surface area (Å²) in [5.74, 6) is -0.863. The predicted molar refractivity (Wildman–Crippen MR) is 81.3 cm³/mol. The van der Waals surface area contributed by atoms with Crippen molar-refractivity contribution in [2.45, 2.75) is 19.8 Å². The van der Waals surface area contributed by atoms with Gasteiger partial charge in [-0.1, -0.05) is 6.07 Å². The molecule has 0 radical (unpaired) electrons. The molecule has 114 valence electrons. The van der Waals surface area contributed by atoms with E-state index in [1.54, 1.807) is 4.90 Å². The third-order valence-corrected chi connectivity index (χ3v) is 4.18. The molecule has 2 rings (SSSR count). The minimum absolute atomic E-state index is 0.0754. The molecule has 0 spiro atoms. The lowest BCUT2D eigenvalue weighted by Gasteiger charge is -2.30. The van der Waals surface area contributed by atoms with Crippen LogP contribution in [0.1, 0.15) is 18.4 Å². The smallest absolute Gasteiger partial charge is 0.308 e. The summed E-state index contributed by atoms with van der Waals surface area (Å²) in [5, 5.41) is 9.03. The van der Waals surface area contributed by atoms with Crippen molar-refractivity contribution in [1.82, 2.24) is 4.90 Å². The van der Waals surface area contributed by atoms with E-state index in [0.717, 1.165) is 16.5 Å². The van der Waals surface area contributed by atoms with E-state index in [9.17, 15) is 9.59 Å². The van der Waals surface area contributed by atoms with Gasteiger partial charge in [-0.05, 0) is 53.4 Å². The fourth-order valence-electron chi connectivity index (χ4n) is 2.36. The number of aryl methyl sites for hydroxylation is 1. The van der Waals surface area contributed by atoms with E-state index in [-0.39, 0.29) is 19.1 Å². The number of carbonyl (C=O) groups is 2. The summed E-state index contributed by atoms with van der Waals surface area (Å²) in [6, 6.07) is 5.63. The molecule has 1 heterocycles. The third-order valence-electron chi connectivity index (χ3n) is 3.56. The standard InChI is InChI=1S/C15H18BrNO4/c1-10-4-5-13(12(16)7-10)21-9-14(18)17-6-2-3-11(8-17)15(19)20/h4-5,7,11H,2-3,6,8-9H2,1H3,(H,19,20)/t11-/m0/s1. The number of amides is 1. The Balaban J connectivity index is 1.90. The monoisotopic (exact) mass is 355 g/mol. The highest BCUT2D eigenvalue weighted by atomic mass is 79.9. The maximum absolute atomic E-state index is 12.1. The van der Waals surface area contributed by atoms with Crippen molar-refractivity contribution in [3.05, 3.63) is 28.2 Å². The van der Waals surface area contributed by atoms with E-state index in [4.69, 9.17) is 9.84 Å². The van der Waals surface area contributed by atoms with Crippen LogP contribution in [0.4, 0.5) is 0 Å². The number of halogens is 1. The van der Waals surface area contributed by atoms with Crippen LogP contribution >= 0.6 is 15.9 Å². The van der Waals surface area contributed by atoms with Crippen LogP contribution in [0.25, 0.3) is 0 Å². The molecule has 0 bridgehead atoms. The van der Waals surface area contributed by atoms with Crippen molar-refractivity contribution in [2.24, 2.45) is 5.92 Å². The summed E-state index contributed by atoms with van der Waals surface area (Å²) >= 11 is 3.39. The molecule has 0 aliphatic carbocycles. The van der Waals surface area contributed by atoms with Crippen molar-refractivity contribution < 1.29 is 19.4 Å². The SMILES string of the molecule is Cc1ccc(OCC(=O)N2CCC[C@H](C(=O)O)C2)c(Br)c1. The zero-order chi connectivity index (χ0) is 15.4. The van der Waals surface area contributed by atoms with Crippen LogP contribution in [0, 0.1) is 12.8 Å². The highest BCUT2D eigenvalue weighted by Gasteiger charge is 2.28. The molecule has 1 aromatic carbocycles. The van der Waals surface area contributed by atoms with Gasteiger partial charge in [-0.2, -0.15) is 0 Å². The largest absolute Gasteiger partial charge is 0.483 e. The summed E-state index contributed by atoms with van der Waals surface area (Å²) in [6.07, 6.45) is 1.35. The van der Waals surface area contributed by atoms with Gasteiger partial charge in [0.2, 0.25) is 0 Å². The van der Waals surface area contributed by atoms with Crippen LogP contribution in [0.15, 0.2) is 22.7 Å². The van der Waals surface area contributed by atoms with Gasteiger partial charge in [-0.25, -0.2) is 0 Å². The van der Waals surface area contributed by atoms with Gasteiger partial charge >= 0.3 is 5.97 Å². The number of hydrogen-bond acceptors (Lipinski definition) is 3. The first-order valence-electron chi connectivity index (χ1n) is 6.87. The topological polar surface area (TPSA) is 66.8 Å². The van der Waals surface area contributed by atoms with Crippen LogP contribution in [0.3, 0.4) is 0 Å². The number of carboxylic acids is 1. The number of aliphatic carboxylic acids is 1. The molecule has 1 aliphatic heterocycles. The Bertz CT molecular complexity index is 546. The number of benzene rings is 1. The van der Waals surface area contributed by atoms with Gasteiger partial charge in [-0.15, -0.1) is 0 Å². The van der Waals surface area contributed by atoms with Gasteiger partial charge in [0.15, 0.2) is 6.61 Å². The van der Waals surface area contributed by atoms with Crippen LogP contribution in [-0.4, -0.2) is 41.6 Å². The third kappa shape index (κ3) is 4.20. The number of piperidine rings is 1. The number of carbonyl (C=O) groups excluding carboxylic acids is 1. The van der Waals surface area contributed by atoms with Crippen LogP contribution in [-0.2, 0) is 9.59 Å². The minimum Gasteiger partial charge on any atom is -0.483 e. The van der Waals surface area contributed by atoms with E-state index in [2.05, 4.69) is 15.9 Å². The Kier molecular flexibility index (Phi) is 5.22. The molecule has 5 nitrogen and oxygen atoms in total. The van der Waals surface area contributed by atoms with Crippen molar-refractivity contribution in [3.63, 3.8) is 0 Å².